The summed E-state index contributed by atoms with van der Waals surface area (Å²) < 4.78 is 6.88. The van der Waals surface area contributed by atoms with Gasteiger partial charge in [0.25, 0.3) is 5.95 Å². The zero-order valence-corrected chi connectivity index (χ0v) is 18.0. The first kappa shape index (κ1) is 19.9. The lowest BCUT2D eigenvalue weighted by Crippen LogP contribution is -2.25. The largest absolute Gasteiger partial charge is 0.497 e. The smallest absolute Gasteiger partial charge is 0.272 e. The number of aryl methyl sites for hydroxylation is 2. The van der Waals surface area contributed by atoms with Gasteiger partial charge in [0.05, 0.1) is 24.7 Å². The highest BCUT2D eigenvalue weighted by Gasteiger charge is 2.33. The minimum atomic E-state index is -0.0815. The van der Waals surface area contributed by atoms with Gasteiger partial charge in [0.1, 0.15) is 11.6 Å². The van der Waals surface area contributed by atoms with Gasteiger partial charge < -0.3 is 10.1 Å². The Morgan fingerprint density at radius 2 is 1.97 bits per heavy atom. The molecule has 5 rings (SSSR count). The molecule has 0 spiro atoms. The number of ether oxygens (including phenoxy) is 1. The van der Waals surface area contributed by atoms with Gasteiger partial charge in [-0.3, -0.25) is 4.79 Å². The zero-order valence-electron chi connectivity index (χ0n) is 18.0. The highest BCUT2D eigenvalue weighted by atomic mass is 16.5. The number of hydrogen-bond acceptors (Lipinski definition) is 6. The lowest BCUT2D eigenvalue weighted by Gasteiger charge is -2.24. The van der Waals surface area contributed by atoms with Crippen LogP contribution in [0.15, 0.2) is 54.7 Å². The van der Waals surface area contributed by atoms with Crippen LogP contribution in [0, 0.1) is 13.8 Å². The second kappa shape index (κ2) is 7.88. The Balaban J connectivity index is 1.61. The molecule has 2 aromatic heterocycles. The lowest BCUT2D eigenvalue weighted by molar-refractivity contribution is -0.116. The van der Waals surface area contributed by atoms with E-state index < -0.39 is 0 Å². The Morgan fingerprint density at radius 3 is 2.78 bits per heavy atom. The van der Waals surface area contributed by atoms with E-state index in [9.17, 15) is 4.79 Å². The summed E-state index contributed by atoms with van der Waals surface area (Å²) in [5.74, 6) is 1.46. The number of hydrogen-bond donors (Lipinski definition) is 1. The Hall–Kier alpha value is -4.07. The molecule has 0 saturated carbocycles. The van der Waals surface area contributed by atoms with Gasteiger partial charge in [-0.15, -0.1) is 5.10 Å². The summed E-state index contributed by atoms with van der Waals surface area (Å²) in [6.45, 7) is 3.99. The van der Waals surface area contributed by atoms with Crippen molar-refractivity contribution in [2.24, 2.45) is 0 Å². The van der Waals surface area contributed by atoms with Crippen LogP contribution < -0.4 is 10.1 Å². The predicted octanol–water partition coefficient (Wildman–Crippen LogP) is 3.82. The van der Waals surface area contributed by atoms with Gasteiger partial charge in [0, 0.05) is 23.5 Å². The quantitative estimate of drug-likeness (QED) is 0.533. The van der Waals surface area contributed by atoms with E-state index in [2.05, 4.69) is 37.7 Å². The van der Waals surface area contributed by atoms with Gasteiger partial charge in [-0.05, 0) is 31.5 Å². The maximum Gasteiger partial charge on any atom is 0.272 e. The van der Waals surface area contributed by atoms with E-state index in [0.717, 1.165) is 33.7 Å². The molecule has 0 fully saturated rings. The Bertz CT molecular complexity index is 1330. The fraction of sp³-hybridized carbons (Fsp3) is 0.208. The number of benzene rings is 2. The number of aromatic nitrogens is 5. The van der Waals surface area contributed by atoms with Crippen LogP contribution >= 0.6 is 0 Å². The van der Waals surface area contributed by atoms with Crippen molar-refractivity contribution in [1.82, 2.24) is 25.0 Å². The number of nitrogens with one attached hydrogen (secondary N) is 1. The third-order valence-electron chi connectivity index (χ3n) is 5.65. The van der Waals surface area contributed by atoms with Crippen LogP contribution in [0.5, 0.6) is 5.75 Å². The molecule has 3 heterocycles. The molecule has 160 valence electrons. The second-order valence-corrected chi connectivity index (χ2v) is 7.85. The molecule has 0 unspecified atom stereocenters. The summed E-state index contributed by atoms with van der Waals surface area (Å²) in [7, 11) is 1.62. The van der Waals surface area contributed by atoms with Crippen LogP contribution in [0.4, 0.5) is 5.82 Å². The first-order valence-corrected chi connectivity index (χ1v) is 10.3. The molecule has 1 aliphatic rings. The van der Waals surface area contributed by atoms with Gasteiger partial charge in [0.2, 0.25) is 5.91 Å². The molecule has 0 aliphatic carbocycles. The van der Waals surface area contributed by atoms with E-state index in [-0.39, 0.29) is 11.8 Å². The highest BCUT2D eigenvalue weighted by Crippen LogP contribution is 2.40. The summed E-state index contributed by atoms with van der Waals surface area (Å²) in [5, 5.41) is 16.0. The van der Waals surface area contributed by atoms with E-state index >= 15 is 0 Å². The van der Waals surface area contributed by atoms with Crippen LogP contribution in [-0.4, -0.2) is 38.0 Å². The number of methoxy groups -OCH3 is 1. The zero-order chi connectivity index (χ0) is 22.2. The lowest BCUT2D eigenvalue weighted by atomic mass is 9.85. The number of rotatable bonds is 4. The third-order valence-corrected chi connectivity index (χ3v) is 5.65. The normalized spacial score (nSPS) is 15.2. The van der Waals surface area contributed by atoms with E-state index in [1.54, 1.807) is 18.0 Å². The summed E-state index contributed by atoms with van der Waals surface area (Å²) in [4.78, 5) is 17.3. The first-order chi connectivity index (χ1) is 15.5. The van der Waals surface area contributed by atoms with Crippen molar-refractivity contribution in [2.75, 3.05) is 12.4 Å². The molecular formula is C24H22N6O2. The maximum atomic E-state index is 12.6. The fourth-order valence-electron chi connectivity index (χ4n) is 4.17. The Labute approximate surface area is 185 Å². The second-order valence-electron chi connectivity index (χ2n) is 7.85. The average molecular weight is 426 g/mol. The van der Waals surface area contributed by atoms with E-state index in [4.69, 9.17) is 4.74 Å². The van der Waals surface area contributed by atoms with Crippen LogP contribution in [0.3, 0.4) is 0 Å². The molecule has 1 atom stereocenters. The molecule has 0 saturated heterocycles. The summed E-state index contributed by atoms with van der Waals surface area (Å²) in [6, 6.07) is 15.8. The topological polar surface area (TPSA) is 94.8 Å². The number of nitrogens with zero attached hydrogens (tertiary/aromatic N) is 5. The van der Waals surface area contributed by atoms with E-state index in [0.29, 0.717) is 23.9 Å². The van der Waals surface area contributed by atoms with Crippen LogP contribution in [0.2, 0.25) is 0 Å². The first-order valence-electron chi connectivity index (χ1n) is 10.3. The average Bonchev–Trinajstić information content (AvgIpc) is 3.14. The van der Waals surface area contributed by atoms with Crippen LogP contribution in [0.1, 0.15) is 34.7 Å². The van der Waals surface area contributed by atoms with Gasteiger partial charge in [0.15, 0.2) is 0 Å². The van der Waals surface area contributed by atoms with Gasteiger partial charge >= 0.3 is 0 Å². The molecule has 8 nitrogen and oxygen atoms in total. The van der Waals surface area contributed by atoms with E-state index in [1.807, 2.05) is 50.2 Å². The number of carbonyl (C=O) groups is 1. The molecule has 1 amide bonds. The molecule has 2 aromatic carbocycles. The maximum absolute atomic E-state index is 12.6. The molecule has 8 heteroatoms. The van der Waals surface area contributed by atoms with Crippen molar-refractivity contribution in [1.29, 1.82) is 0 Å². The van der Waals surface area contributed by atoms with E-state index in [1.165, 1.54) is 0 Å². The van der Waals surface area contributed by atoms with Crippen LogP contribution in [-0.2, 0) is 4.79 Å². The Morgan fingerprint density at radius 1 is 1.12 bits per heavy atom. The molecule has 4 aromatic rings. The molecule has 0 bridgehead atoms. The highest BCUT2D eigenvalue weighted by molar-refractivity contribution is 5.95. The van der Waals surface area contributed by atoms with Crippen molar-refractivity contribution in [2.45, 2.75) is 26.2 Å². The summed E-state index contributed by atoms with van der Waals surface area (Å²) >= 11 is 0. The van der Waals surface area contributed by atoms with Crippen molar-refractivity contribution in [3.8, 4) is 23.0 Å². The minimum Gasteiger partial charge on any atom is -0.497 e. The van der Waals surface area contributed by atoms with Gasteiger partial charge in [-0.2, -0.15) is 14.9 Å². The number of amides is 1. The fourth-order valence-corrected chi connectivity index (χ4v) is 4.17. The Kier molecular flexibility index (Phi) is 4.89. The monoisotopic (exact) mass is 426 g/mol. The molecule has 32 heavy (non-hydrogen) atoms. The van der Waals surface area contributed by atoms with Gasteiger partial charge in [-0.25, -0.2) is 4.98 Å². The van der Waals surface area contributed by atoms with Crippen molar-refractivity contribution in [3.05, 3.63) is 77.1 Å². The number of carbonyl (C=O) groups excluding carboxylic acids is 1. The SMILES string of the molecule is COc1cccc(-c2cnnc(-n3nc(C)c4c3NC(=O)C[C@H]4c3cccc(C)c3)n2)c1. The molecule has 1 N–H and O–H groups in total. The van der Waals surface area contributed by atoms with Crippen molar-refractivity contribution >= 4 is 11.7 Å². The third kappa shape index (κ3) is 3.49. The van der Waals surface area contributed by atoms with Crippen LogP contribution in [0.25, 0.3) is 17.2 Å². The summed E-state index contributed by atoms with van der Waals surface area (Å²) in [5.41, 5.74) is 5.52. The number of anilines is 1. The number of fused-ring (bicyclic) bond motifs is 1. The molecule has 0 radical (unpaired) electrons. The standard InChI is InChI=1S/C24H22N6O2/c1-14-6-4-7-16(10-14)19-12-21(31)27-23-22(19)15(2)29-30(23)24-26-20(13-25-28-24)17-8-5-9-18(11-17)32-3/h4-11,13,19H,12H2,1-3H3,(H,27,31)/t19-/m0/s1. The van der Waals surface area contributed by atoms with Gasteiger partial charge in [-0.1, -0.05) is 42.0 Å². The van der Waals surface area contributed by atoms with Crippen molar-refractivity contribution in [3.63, 3.8) is 0 Å². The molecular weight excluding hydrogens is 404 g/mol. The van der Waals surface area contributed by atoms with Crippen molar-refractivity contribution < 1.29 is 9.53 Å². The minimum absolute atomic E-state index is 0.0675. The predicted molar refractivity (Wildman–Crippen MR) is 120 cm³/mol. The summed E-state index contributed by atoms with van der Waals surface area (Å²) in [6.07, 6.45) is 1.96. The molecule has 1 aliphatic heterocycles.